The molecule has 0 saturated carbocycles. The average Bonchev–Trinajstić information content (AvgIpc) is 2.33. The molecular formula is C15H15BrN2O. The topological polar surface area (TPSA) is 55.1 Å². The van der Waals surface area contributed by atoms with Crippen LogP contribution in [0.15, 0.2) is 40.9 Å². The molecule has 0 unspecified atom stereocenters. The first kappa shape index (κ1) is 13.6. The third-order valence-electron chi connectivity index (χ3n) is 2.80. The van der Waals surface area contributed by atoms with Gasteiger partial charge in [0.2, 0.25) is 0 Å². The minimum absolute atomic E-state index is 0.165. The van der Waals surface area contributed by atoms with Crippen LogP contribution in [-0.2, 0) is 0 Å². The number of rotatable bonds is 2. The minimum Gasteiger partial charge on any atom is -0.399 e. The number of nitrogens with one attached hydrogen (secondary N) is 1. The standard InChI is InChI=1S/C15H15BrN2O/c1-9-6-11(8-12(17)7-9)15(19)18-13-5-3-4-10(2)14(13)16/h3-8H,17H2,1-2H3,(H,18,19). The summed E-state index contributed by atoms with van der Waals surface area (Å²) < 4.78 is 0.893. The van der Waals surface area contributed by atoms with Crippen LogP contribution in [0.2, 0.25) is 0 Å². The van der Waals surface area contributed by atoms with E-state index < -0.39 is 0 Å². The molecule has 0 atom stereocenters. The summed E-state index contributed by atoms with van der Waals surface area (Å²) in [7, 11) is 0. The van der Waals surface area contributed by atoms with Crippen molar-refractivity contribution in [3.63, 3.8) is 0 Å². The smallest absolute Gasteiger partial charge is 0.255 e. The van der Waals surface area contributed by atoms with E-state index in [4.69, 9.17) is 5.73 Å². The first-order valence-corrected chi connectivity index (χ1v) is 6.70. The van der Waals surface area contributed by atoms with Gasteiger partial charge in [-0.3, -0.25) is 4.79 Å². The second kappa shape index (κ2) is 5.45. The van der Waals surface area contributed by atoms with Crippen molar-refractivity contribution in [1.29, 1.82) is 0 Å². The predicted molar refractivity (Wildman–Crippen MR) is 82.4 cm³/mol. The van der Waals surface area contributed by atoms with Crippen LogP contribution in [0.5, 0.6) is 0 Å². The van der Waals surface area contributed by atoms with E-state index in [2.05, 4.69) is 21.2 Å². The van der Waals surface area contributed by atoms with E-state index >= 15 is 0 Å². The molecule has 0 aliphatic rings. The van der Waals surface area contributed by atoms with Gasteiger partial charge in [-0.05, 0) is 65.2 Å². The van der Waals surface area contributed by atoms with Gasteiger partial charge in [-0.1, -0.05) is 12.1 Å². The number of carbonyl (C=O) groups is 1. The molecule has 0 aromatic heterocycles. The molecule has 2 aromatic rings. The monoisotopic (exact) mass is 318 g/mol. The fraction of sp³-hybridized carbons (Fsp3) is 0.133. The van der Waals surface area contributed by atoms with E-state index in [9.17, 15) is 4.79 Å². The number of nitrogens with two attached hydrogens (primary N) is 1. The Morgan fingerprint density at radius 1 is 1.21 bits per heavy atom. The fourth-order valence-corrected chi connectivity index (χ4v) is 2.25. The molecule has 0 bridgehead atoms. The summed E-state index contributed by atoms with van der Waals surface area (Å²) >= 11 is 3.47. The maximum Gasteiger partial charge on any atom is 0.255 e. The Bertz CT molecular complexity index is 618. The lowest BCUT2D eigenvalue weighted by atomic mass is 10.1. The zero-order valence-corrected chi connectivity index (χ0v) is 12.4. The number of aryl methyl sites for hydroxylation is 2. The van der Waals surface area contributed by atoms with Crippen LogP contribution in [0.4, 0.5) is 11.4 Å². The largest absolute Gasteiger partial charge is 0.399 e. The highest BCUT2D eigenvalue weighted by Gasteiger charge is 2.10. The van der Waals surface area contributed by atoms with Crippen LogP contribution in [0.3, 0.4) is 0 Å². The number of carbonyl (C=O) groups excluding carboxylic acids is 1. The highest BCUT2D eigenvalue weighted by Crippen LogP contribution is 2.26. The summed E-state index contributed by atoms with van der Waals surface area (Å²) in [6.07, 6.45) is 0. The van der Waals surface area contributed by atoms with Gasteiger partial charge in [0, 0.05) is 15.7 Å². The lowest BCUT2D eigenvalue weighted by Gasteiger charge is -2.10. The number of amides is 1. The van der Waals surface area contributed by atoms with Gasteiger partial charge in [0.1, 0.15) is 0 Å². The Morgan fingerprint density at radius 3 is 2.63 bits per heavy atom. The molecule has 3 N–H and O–H groups in total. The molecule has 19 heavy (non-hydrogen) atoms. The van der Waals surface area contributed by atoms with Crippen molar-refractivity contribution in [2.24, 2.45) is 0 Å². The molecule has 0 radical (unpaired) electrons. The Morgan fingerprint density at radius 2 is 1.95 bits per heavy atom. The molecule has 3 nitrogen and oxygen atoms in total. The molecule has 0 aliphatic carbocycles. The van der Waals surface area contributed by atoms with Crippen LogP contribution >= 0.6 is 15.9 Å². The Hall–Kier alpha value is -1.81. The van der Waals surface area contributed by atoms with E-state index in [1.165, 1.54) is 0 Å². The number of hydrogen-bond acceptors (Lipinski definition) is 2. The molecule has 0 saturated heterocycles. The summed E-state index contributed by atoms with van der Waals surface area (Å²) in [6.45, 7) is 3.89. The van der Waals surface area contributed by atoms with Crippen LogP contribution < -0.4 is 11.1 Å². The van der Waals surface area contributed by atoms with Crippen molar-refractivity contribution < 1.29 is 4.79 Å². The molecule has 2 rings (SSSR count). The summed E-state index contributed by atoms with van der Waals surface area (Å²) in [5, 5.41) is 2.88. The van der Waals surface area contributed by atoms with Crippen LogP contribution in [0.25, 0.3) is 0 Å². The minimum atomic E-state index is -0.165. The Kier molecular flexibility index (Phi) is 3.90. The van der Waals surface area contributed by atoms with Gasteiger partial charge < -0.3 is 11.1 Å². The molecule has 1 amide bonds. The van der Waals surface area contributed by atoms with E-state index in [0.29, 0.717) is 11.3 Å². The molecule has 0 heterocycles. The molecule has 0 aliphatic heterocycles. The highest BCUT2D eigenvalue weighted by molar-refractivity contribution is 9.10. The van der Waals surface area contributed by atoms with Gasteiger partial charge in [0.15, 0.2) is 0 Å². The maximum atomic E-state index is 12.2. The number of nitrogen functional groups attached to an aromatic ring is 1. The van der Waals surface area contributed by atoms with Gasteiger partial charge in [0.25, 0.3) is 5.91 Å². The first-order valence-electron chi connectivity index (χ1n) is 5.91. The second-order valence-electron chi connectivity index (χ2n) is 4.52. The lowest BCUT2D eigenvalue weighted by molar-refractivity contribution is 0.102. The number of halogens is 1. The van der Waals surface area contributed by atoms with Crippen LogP contribution in [0.1, 0.15) is 21.5 Å². The zero-order chi connectivity index (χ0) is 14.0. The van der Waals surface area contributed by atoms with Crippen molar-refractivity contribution in [3.05, 3.63) is 57.6 Å². The van der Waals surface area contributed by atoms with Gasteiger partial charge in [-0.15, -0.1) is 0 Å². The van der Waals surface area contributed by atoms with Crippen molar-refractivity contribution >= 4 is 33.2 Å². The lowest BCUT2D eigenvalue weighted by Crippen LogP contribution is -2.13. The zero-order valence-electron chi connectivity index (χ0n) is 10.8. The third kappa shape index (κ3) is 3.15. The van der Waals surface area contributed by atoms with Crippen molar-refractivity contribution in [3.8, 4) is 0 Å². The van der Waals surface area contributed by atoms with Crippen molar-refractivity contribution in [2.75, 3.05) is 11.1 Å². The summed E-state index contributed by atoms with van der Waals surface area (Å²) in [4.78, 5) is 12.2. The van der Waals surface area contributed by atoms with Crippen LogP contribution in [-0.4, -0.2) is 5.91 Å². The number of hydrogen-bond donors (Lipinski definition) is 2. The molecule has 4 heteroatoms. The number of benzene rings is 2. The summed E-state index contributed by atoms with van der Waals surface area (Å²) in [5.41, 5.74) is 9.70. The highest BCUT2D eigenvalue weighted by atomic mass is 79.9. The van der Waals surface area contributed by atoms with E-state index in [0.717, 1.165) is 21.3 Å². The predicted octanol–water partition coefficient (Wildman–Crippen LogP) is 3.90. The second-order valence-corrected chi connectivity index (χ2v) is 5.32. The summed E-state index contributed by atoms with van der Waals surface area (Å²) in [6, 6.07) is 11.1. The first-order chi connectivity index (χ1) is 8.97. The van der Waals surface area contributed by atoms with E-state index in [1.54, 1.807) is 6.07 Å². The molecular weight excluding hydrogens is 304 g/mol. The average molecular weight is 319 g/mol. The summed E-state index contributed by atoms with van der Waals surface area (Å²) in [5.74, 6) is -0.165. The van der Waals surface area contributed by atoms with E-state index in [1.807, 2.05) is 44.2 Å². The molecule has 0 fully saturated rings. The van der Waals surface area contributed by atoms with Gasteiger partial charge >= 0.3 is 0 Å². The molecule has 2 aromatic carbocycles. The fourth-order valence-electron chi connectivity index (χ4n) is 1.88. The van der Waals surface area contributed by atoms with Crippen molar-refractivity contribution in [1.82, 2.24) is 0 Å². The Labute approximate surface area is 121 Å². The van der Waals surface area contributed by atoms with Gasteiger partial charge in [-0.25, -0.2) is 0 Å². The van der Waals surface area contributed by atoms with Gasteiger partial charge in [0.05, 0.1) is 5.69 Å². The molecule has 0 spiro atoms. The van der Waals surface area contributed by atoms with E-state index in [-0.39, 0.29) is 5.91 Å². The Balaban J connectivity index is 2.28. The van der Waals surface area contributed by atoms with Gasteiger partial charge in [-0.2, -0.15) is 0 Å². The number of anilines is 2. The normalized spacial score (nSPS) is 10.3. The maximum absolute atomic E-state index is 12.2. The van der Waals surface area contributed by atoms with Crippen molar-refractivity contribution in [2.45, 2.75) is 13.8 Å². The SMILES string of the molecule is Cc1cc(N)cc(C(=O)Nc2cccc(C)c2Br)c1. The van der Waals surface area contributed by atoms with Crippen LogP contribution in [0, 0.1) is 13.8 Å². The molecule has 98 valence electrons. The third-order valence-corrected chi connectivity index (χ3v) is 3.85. The quantitative estimate of drug-likeness (QED) is 0.825.